The molecule has 1 aromatic heterocycles. The predicted molar refractivity (Wildman–Crippen MR) is 61.6 cm³/mol. The van der Waals surface area contributed by atoms with E-state index >= 15 is 0 Å². The largest absolute Gasteiger partial charge is 0.333 e. The van der Waals surface area contributed by atoms with Gasteiger partial charge in [0.1, 0.15) is 0 Å². The van der Waals surface area contributed by atoms with E-state index in [4.69, 9.17) is 0 Å². The van der Waals surface area contributed by atoms with Gasteiger partial charge in [-0.3, -0.25) is 0 Å². The van der Waals surface area contributed by atoms with Crippen molar-refractivity contribution in [2.75, 3.05) is 0 Å². The van der Waals surface area contributed by atoms with Crippen molar-refractivity contribution in [1.82, 2.24) is 14.9 Å². The Morgan fingerprint density at radius 2 is 2.33 bits per heavy atom. The second kappa shape index (κ2) is 4.35. The van der Waals surface area contributed by atoms with E-state index < -0.39 is 0 Å². The Bertz CT molecular complexity index is 312. The highest BCUT2D eigenvalue weighted by Gasteiger charge is 2.30. The minimum absolute atomic E-state index is 0.390. The highest BCUT2D eigenvalue weighted by molar-refractivity contribution is 5.01. The highest BCUT2D eigenvalue weighted by atomic mass is 15.1. The number of nitrogens with zero attached hydrogens (tertiary/aromatic N) is 2. The zero-order valence-corrected chi connectivity index (χ0v) is 9.79. The van der Waals surface area contributed by atoms with Crippen LogP contribution in [-0.2, 0) is 13.1 Å². The predicted octanol–water partition coefficient (Wildman–Crippen LogP) is 2.33. The summed E-state index contributed by atoms with van der Waals surface area (Å²) in [5.74, 6) is 0. The van der Waals surface area contributed by atoms with Gasteiger partial charge in [-0.05, 0) is 32.6 Å². The average Bonchev–Trinajstić information content (AvgIpc) is 2.60. The highest BCUT2D eigenvalue weighted by Crippen LogP contribution is 2.31. The molecule has 1 fully saturated rings. The fourth-order valence-electron chi connectivity index (χ4n) is 2.13. The topological polar surface area (TPSA) is 29.9 Å². The molecule has 0 atom stereocenters. The van der Waals surface area contributed by atoms with Crippen molar-refractivity contribution in [3.63, 3.8) is 0 Å². The SMILES string of the molecule is CCCn1cncc1CNC1(C)CCC1. The van der Waals surface area contributed by atoms with Crippen molar-refractivity contribution in [3.8, 4) is 0 Å². The van der Waals surface area contributed by atoms with Crippen LogP contribution in [0, 0.1) is 0 Å². The summed E-state index contributed by atoms with van der Waals surface area (Å²) in [6.07, 6.45) is 9.08. The Balaban J connectivity index is 1.89. The molecule has 0 unspecified atom stereocenters. The van der Waals surface area contributed by atoms with E-state index in [0.29, 0.717) is 5.54 Å². The lowest BCUT2D eigenvalue weighted by molar-refractivity contribution is 0.205. The normalized spacial score (nSPS) is 18.8. The van der Waals surface area contributed by atoms with E-state index in [1.54, 1.807) is 0 Å². The van der Waals surface area contributed by atoms with E-state index in [2.05, 4.69) is 28.7 Å². The van der Waals surface area contributed by atoms with Crippen molar-refractivity contribution < 1.29 is 0 Å². The van der Waals surface area contributed by atoms with Gasteiger partial charge in [0.05, 0.1) is 12.0 Å². The molecule has 1 N–H and O–H groups in total. The number of hydrogen-bond acceptors (Lipinski definition) is 2. The number of rotatable bonds is 5. The quantitative estimate of drug-likeness (QED) is 0.803. The van der Waals surface area contributed by atoms with Gasteiger partial charge in [-0.25, -0.2) is 4.98 Å². The fourth-order valence-corrected chi connectivity index (χ4v) is 2.13. The van der Waals surface area contributed by atoms with E-state index in [1.165, 1.54) is 31.4 Å². The number of hydrogen-bond donors (Lipinski definition) is 1. The third-order valence-electron chi connectivity index (χ3n) is 3.42. The van der Waals surface area contributed by atoms with Gasteiger partial charge >= 0.3 is 0 Å². The Morgan fingerprint density at radius 1 is 1.53 bits per heavy atom. The van der Waals surface area contributed by atoms with E-state index in [-0.39, 0.29) is 0 Å². The van der Waals surface area contributed by atoms with Crippen molar-refractivity contribution in [2.24, 2.45) is 0 Å². The fraction of sp³-hybridized carbons (Fsp3) is 0.750. The first-order valence-corrected chi connectivity index (χ1v) is 5.97. The molecule has 1 aliphatic rings. The maximum Gasteiger partial charge on any atom is 0.0948 e. The maximum absolute atomic E-state index is 4.21. The summed E-state index contributed by atoms with van der Waals surface area (Å²) in [5, 5.41) is 3.64. The van der Waals surface area contributed by atoms with Gasteiger partial charge in [0.15, 0.2) is 0 Å². The third kappa shape index (κ3) is 2.40. The molecule has 0 saturated heterocycles. The van der Waals surface area contributed by atoms with E-state index in [1.807, 2.05) is 12.5 Å². The van der Waals surface area contributed by atoms with Crippen LogP contribution in [0.25, 0.3) is 0 Å². The molecule has 0 radical (unpaired) electrons. The molecule has 3 heteroatoms. The standard InChI is InChI=1S/C12H21N3/c1-3-7-15-10-13-8-11(15)9-14-12(2)5-4-6-12/h8,10,14H,3-7,9H2,1-2H3. The first-order valence-electron chi connectivity index (χ1n) is 5.97. The summed E-state index contributed by atoms with van der Waals surface area (Å²) in [5.41, 5.74) is 1.70. The minimum Gasteiger partial charge on any atom is -0.333 e. The molecule has 1 aromatic rings. The van der Waals surface area contributed by atoms with Crippen molar-refractivity contribution >= 4 is 0 Å². The smallest absolute Gasteiger partial charge is 0.0948 e. The van der Waals surface area contributed by atoms with Crippen LogP contribution in [0.2, 0.25) is 0 Å². The lowest BCUT2D eigenvalue weighted by Crippen LogP contribution is -2.47. The zero-order valence-electron chi connectivity index (χ0n) is 9.79. The van der Waals surface area contributed by atoms with Crippen LogP contribution >= 0.6 is 0 Å². The molecule has 0 spiro atoms. The van der Waals surface area contributed by atoms with Crippen LogP contribution in [0.1, 0.15) is 45.2 Å². The molecule has 0 aromatic carbocycles. The van der Waals surface area contributed by atoms with Gasteiger partial charge in [0.2, 0.25) is 0 Å². The molecule has 1 heterocycles. The maximum atomic E-state index is 4.21. The number of nitrogens with one attached hydrogen (secondary N) is 1. The van der Waals surface area contributed by atoms with Crippen molar-refractivity contribution in [1.29, 1.82) is 0 Å². The third-order valence-corrected chi connectivity index (χ3v) is 3.42. The summed E-state index contributed by atoms with van der Waals surface area (Å²) in [6.45, 7) is 6.55. The van der Waals surface area contributed by atoms with Crippen LogP contribution < -0.4 is 5.32 Å². The number of aryl methyl sites for hydroxylation is 1. The second-order valence-corrected chi connectivity index (χ2v) is 4.85. The summed E-state index contributed by atoms with van der Waals surface area (Å²) >= 11 is 0. The molecule has 2 rings (SSSR count). The van der Waals surface area contributed by atoms with Gasteiger partial charge in [-0.1, -0.05) is 6.92 Å². The molecular formula is C12H21N3. The zero-order chi connectivity index (χ0) is 10.7. The van der Waals surface area contributed by atoms with E-state index in [9.17, 15) is 0 Å². The Morgan fingerprint density at radius 3 is 2.93 bits per heavy atom. The van der Waals surface area contributed by atoms with Crippen LogP contribution in [0.5, 0.6) is 0 Å². The van der Waals surface area contributed by atoms with E-state index in [0.717, 1.165) is 13.1 Å². The van der Waals surface area contributed by atoms with Crippen molar-refractivity contribution in [2.45, 2.75) is 58.2 Å². The molecule has 84 valence electrons. The van der Waals surface area contributed by atoms with Crippen LogP contribution in [0.3, 0.4) is 0 Å². The van der Waals surface area contributed by atoms with Gasteiger partial charge in [-0.2, -0.15) is 0 Å². The second-order valence-electron chi connectivity index (χ2n) is 4.85. The number of imidazole rings is 1. The Kier molecular flexibility index (Phi) is 3.10. The lowest BCUT2D eigenvalue weighted by atomic mass is 9.78. The molecule has 0 bridgehead atoms. The lowest BCUT2D eigenvalue weighted by Gasteiger charge is -2.39. The Labute approximate surface area is 91.9 Å². The van der Waals surface area contributed by atoms with Crippen LogP contribution in [-0.4, -0.2) is 15.1 Å². The molecule has 3 nitrogen and oxygen atoms in total. The minimum atomic E-state index is 0.390. The molecule has 1 aliphatic carbocycles. The summed E-state index contributed by atoms with van der Waals surface area (Å²) in [7, 11) is 0. The van der Waals surface area contributed by atoms with Gasteiger partial charge in [0, 0.05) is 24.8 Å². The van der Waals surface area contributed by atoms with Gasteiger partial charge < -0.3 is 9.88 Å². The summed E-state index contributed by atoms with van der Waals surface area (Å²) < 4.78 is 2.25. The Hall–Kier alpha value is -0.830. The molecular weight excluding hydrogens is 186 g/mol. The molecule has 0 aliphatic heterocycles. The van der Waals surface area contributed by atoms with Crippen molar-refractivity contribution in [3.05, 3.63) is 18.2 Å². The summed E-state index contributed by atoms with van der Waals surface area (Å²) in [4.78, 5) is 4.21. The van der Waals surface area contributed by atoms with Crippen LogP contribution in [0.4, 0.5) is 0 Å². The van der Waals surface area contributed by atoms with Gasteiger partial charge in [0.25, 0.3) is 0 Å². The van der Waals surface area contributed by atoms with Crippen LogP contribution in [0.15, 0.2) is 12.5 Å². The first kappa shape index (κ1) is 10.7. The monoisotopic (exact) mass is 207 g/mol. The number of aromatic nitrogens is 2. The van der Waals surface area contributed by atoms with Gasteiger partial charge in [-0.15, -0.1) is 0 Å². The molecule has 15 heavy (non-hydrogen) atoms. The summed E-state index contributed by atoms with van der Waals surface area (Å²) in [6, 6.07) is 0. The molecule has 0 amide bonds. The molecule has 1 saturated carbocycles. The first-order chi connectivity index (χ1) is 7.23. The average molecular weight is 207 g/mol.